The van der Waals surface area contributed by atoms with E-state index in [1.54, 1.807) is 6.92 Å². The summed E-state index contributed by atoms with van der Waals surface area (Å²) in [5.41, 5.74) is 0.448. The minimum Gasteiger partial charge on any atom is -0.312 e. The van der Waals surface area contributed by atoms with Crippen molar-refractivity contribution in [2.75, 3.05) is 18.8 Å². The Balaban J connectivity index is 2.12. The molecule has 15 heavy (non-hydrogen) atoms. The molecule has 0 aromatic carbocycles. The monoisotopic (exact) mass is 234 g/mol. The molecular formula is C10H22N2O2S. The predicted molar refractivity (Wildman–Crippen MR) is 62.3 cm³/mol. The van der Waals surface area contributed by atoms with Gasteiger partial charge < -0.3 is 5.32 Å². The normalized spacial score (nSPS) is 21.3. The molecule has 1 saturated carbocycles. The second-order valence-corrected chi connectivity index (χ2v) is 6.72. The average Bonchev–Trinajstić information content (AvgIpc) is 2.92. The second-order valence-electron chi connectivity index (χ2n) is 4.63. The first-order chi connectivity index (χ1) is 6.90. The van der Waals surface area contributed by atoms with Gasteiger partial charge in [0.25, 0.3) is 0 Å². The molecule has 4 nitrogen and oxygen atoms in total. The van der Waals surface area contributed by atoms with Crippen molar-refractivity contribution in [2.24, 2.45) is 5.41 Å². The summed E-state index contributed by atoms with van der Waals surface area (Å²) in [4.78, 5) is 0. The Kier molecular flexibility index (Phi) is 4.14. The SMILES string of the molecule is CCS(=O)(=O)NCCNC(C)C1(C)CC1. The van der Waals surface area contributed by atoms with Crippen LogP contribution in [-0.2, 0) is 10.0 Å². The van der Waals surface area contributed by atoms with Gasteiger partial charge in [0.15, 0.2) is 0 Å². The Labute approximate surface area is 92.9 Å². The van der Waals surface area contributed by atoms with E-state index in [0.29, 0.717) is 24.5 Å². The molecule has 1 fully saturated rings. The number of sulfonamides is 1. The summed E-state index contributed by atoms with van der Waals surface area (Å²) in [5, 5.41) is 3.35. The summed E-state index contributed by atoms with van der Waals surface area (Å²) in [7, 11) is -3.03. The fourth-order valence-corrected chi connectivity index (χ4v) is 2.09. The maximum absolute atomic E-state index is 11.1. The zero-order valence-electron chi connectivity index (χ0n) is 9.84. The highest BCUT2D eigenvalue weighted by Gasteiger charge is 2.41. The molecule has 5 heteroatoms. The van der Waals surface area contributed by atoms with Gasteiger partial charge in [0.05, 0.1) is 5.75 Å². The highest BCUT2D eigenvalue weighted by molar-refractivity contribution is 7.89. The topological polar surface area (TPSA) is 58.2 Å². The number of rotatable bonds is 7. The van der Waals surface area contributed by atoms with Crippen molar-refractivity contribution in [3.63, 3.8) is 0 Å². The standard InChI is InChI=1S/C10H22N2O2S/c1-4-15(13,14)12-8-7-11-9(2)10(3)5-6-10/h9,11-12H,4-8H2,1-3H3. The maximum atomic E-state index is 11.1. The van der Waals surface area contributed by atoms with Crippen LogP contribution in [0.3, 0.4) is 0 Å². The van der Waals surface area contributed by atoms with Gasteiger partial charge >= 0.3 is 0 Å². The lowest BCUT2D eigenvalue weighted by Crippen LogP contribution is -2.39. The van der Waals surface area contributed by atoms with Crippen molar-refractivity contribution in [3.8, 4) is 0 Å². The molecule has 2 N–H and O–H groups in total. The molecule has 0 bridgehead atoms. The predicted octanol–water partition coefficient (Wildman–Crippen LogP) is 0.704. The van der Waals surface area contributed by atoms with Crippen LogP contribution in [0.15, 0.2) is 0 Å². The largest absolute Gasteiger partial charge is 0.312 e. The Morgan fingerprint density at radius 2 is 1.93 bits per heavy atom. The molecule has 0 spiro atoms. The van der Waals surface area contributed by atoms with Crippen LogP contribution in [0.1, 0.15) is 33.6 Å². The number of nitrogens with one attached hydrogen (secondary N) is 2. The van der Waals surface area contributed by atoms with Crippen molar-refractivity contribution in [2.45, 2.75) is 39.7 Å². The molecular weight excluding hydrogens is 212 g/mol. The molecule has 0 aromatic rings. The number of hydrogen-bond donors (Lipinski definition) is 2. The molecule has 1 unspecified atom stereocenters. The molecule has 1 rings (SSSR count). The van der Waals surface area contributed by atoms with Gasteiger partial charge in [0.2, 0.25) is 10.0 Å². The molecule has 0 amide bonds. The molecule has 0 radical (unpaired) electrons. The van der Waals surface area contributed by atoms with Gasteiger partial charge in [-0.15, -0.1) is 0 Å². The van der Waals surface area contributed by atoms with Crippen molar-refractivity contribution in [1.29, 1.82) is 0 Å². The zero-order valence-corrected chi connectivity index (χ0v) is 10.7. The van der Waals surface area contributed by atoms with Gasteiger partial charge in [-0.1, -0.05) is 6.92 Å². The van der Waals surface area contributed by atoms with E-state index in [0.717, 1.165) is 0 Å². The lowest BCUT2D eigenvalue weighted by atomic mass is 10.0. The minimum atomic E-state index is -3.03. The van der Waals surface area contributed by atoms with E-state index >= 15 is 0 Å². The van der Waals surface area contributed by atoms with Crippen LogP contribution >= 0.6 is 0 Å². The van der Waals surface area contributed by atoms with Gasteiger partial charge in [-0.3, -0.25) is 0 Å². The zero-order chi connectivity index (χ0) is 11.5. The van der Waals surface area contributed by atoms with Crippen LogP contribution in [0, 0.1) is 5.41 Å². The Bertz CT molecular complexity index is 297. The molecule has 1 atom stereocenters. The van der Waals surface area contributed by atoms with Gasteiger partial charge in [-0.05, 0) is 32.1 Å². The summed E-state index contributed by atoms with van der Waals surface area (Å²) >= 11 is 0. The molecule has 1 aliphatic rings. The minimum absolute atomic E-state index is 0.153. The summed E-state index contributed by atoms with van der Waals surface area (Å²) in [6.07, 6.45) is 2.56. The van der Waals surface area contributed by atoms with E-state index in [1.807, 2.05) is 0 Å². The van der Waals surface area contributed by atoms with E-state index in [1.165, 1.54) is 12.8 Å². The Morgan fingerprint density at radius 3 is 2.40 bits per heavy atom. The second kappa shape index (κ2) is 4.80. The van der Waals surface area contributed by atoms with E-state index in [2.05, 4.69) is 23.9 Å². The first-order valence-electron chi connectivity index (χ1n) is 5.60. The van der Waals surface area contributed by atoms with Crippen LogP contribution < -0.4 is 10.0 Å². The van der Waals surface area contributed by atoms with E-state index < -0.39 is 10.0 Å². The van der Waals surface area contributed by atoms with Gasteiger partial charge in [-0.2, -0.15) is 0 Å². The molecule has 0 saturated heterocycles. The van der Waals surface area contributed by atoms with Crippen molar-refractivity contribution in [1.82, 2.24) is 10.0 Å². The maximum Gasteiger partial charge on any atom is 0.211 e. The first-order valence-corrected chi connectivity index (χ1v) is 7.25. The quantitative estimate of drug-likeness (QED) is 0.638. The molecule has 0 aromatic heterocycles. The van der Waals surface area contributed by atoms with Crippen LogP contribution in [0.5, 0.6) is 0 Å². The molecule has 90 valence electrons. The molecule has 1 aliphatic carbocycles. The highest BCUT2D eigenvalue weighted by atomic mass is 32.2. The third-order valence-electron chi connectivity index (χ3n) is 3.36. The third-order valence-corrected chi connectivity index (χ3v) is 4.77. The van der Waals surface area contributed by atoms with E-state index in [4.69, 9.17) is 0 Å². The van der Waals surface area contributed by atoms with Gasteiger partial charge in [0, 0.05) is 19.1 Å². The van der Waals surface area contributed by atoms with Crippen LogP contribution in [0.2, 0.25) is 0 Å². The van der Waals surface area contributed by atoms with Crippen LogP contribution in [0.4, 0.5) is 0 Å². The van der Waals surface area contributed by atoms with E-state index in [-0.39, 0.29) is 5.75 Å². The fraction of sp³-hybridized carbons (Fsp3) is 1.00. The summed E-state index contributed by atoms with van der Waals surface area (Å²) in [6, 6.07) is 0.476. The van der Waals surface area contributed by atoms with Crippen LogP contribution in [-0.4, -0.2) is 33.3 Å². The smallest absolute Gasteiger partial charge is 0.211 e. The average molecular weight is 234 g/mol. The Morgan fingerprint density at radius 1 is 1.33 bits per heavy atom. The summed E-state index contributed by atoms with van der Waals surface area (Å²) in [6.45, 7) is 7.26. The molecule has 0 heterocycles. The van der Waals surface area contributed by atoms with Gasteiger partial charge in [0.1, 0.15) is 0 Å². The van der Waals surface area contributed by atoms with Crippen LogP contribution in [0.25, 0.3) is 0 Å². The summed E-state index contributed by atoms with van der Waals surface area (Å²) in [5.74, 6) is 0.153. The van der Waals surface area contributed by atoms with Crippen molar-refractivity contribution in [3.05, 3.63) is 0 Å². The fourth-order valence-electron chi connectivity index (χ4n) is 1.47. The lowest BCUT2D eigenvalue weighted by molar-refractivity contribution is 0.383. The van der Waals surface area contributed by atoms with Gasteiger partial charge in [-0.25, -0.2) is 13.1 Å². The lowest BCUT2D eigenvalue weighted by Gasteiger charge is -2.20. The summed E-state index contributed by atoms with van der Waals surface area (Å²) < 4.78 is 24.8. The molecule has 0 aliphatic heterocycles. The van der Waals surface area contributed by atoms with Crippen molar-refractivity contribution >= 4 is 10.0 Å². The Hall–Kier alpha value is -0.130. The van der Waals surface area contributed by atoms with Crippen molar-refractivity contribution < 1.29 is 8.42 Å². The number of hydrogen-bond acceptors (Lipinski definition) is 3. The van der Waals surface area contributed by atoms with E-state index in [9.17, 15) is 8.42 Å². The highest BCUT2D eigenvalue weighted by Crippen LogP contribution is 2.47. The first kappa shape index (κ1) is 12.9. The third kappa shape index (κ3) is 4.09.